The number of nitro groups is 1. The zero-order valence-electron chi connectivity index (χ0n) is 8.63. The molecule has 1 aliphatic heterocycles. The molecule has 0 unspecified atom stereocenters. The van der Waals surface area contributed by atoms with E-state index in [4.69, 9.17) is 4.74 Å². The van der Waals surface area contributed by atoms with E-state index in [0.717, 1.165) is 19.3 Å². The number of hydrogen-bond donors (Lipinski definition) is 0. The van der Waals surface area contributed by atoms with E-state index in [1.807, 2.05) is 0 Å². The molecule has 0 saturated carbocycles. The van der Waals surface area contributed by atoms with Crippen molar-refractivity contribution < 1.29 is 9.66 Å². The van der Waals surface area contributed by atoms with Gasteiger partial charge in [0.1, 0.15) is 0 Å². The SMILES string of the molecule is O=[N+]([O-])c1nn([C@@H]2CCCCO2)cc1CBr. The highest BCUT2D eigenvalue weighted by Crippen LogP contribution is 2.26. The summed E-state index contributed by atoms with van der Waals surface area (Å²) < 4.78 is 7.08. The highest BCUT2D eigenvalue weighted by molar-refractivity contribution is 9.08. The lowest BCUT2D eigenvalue weighted by Gasteiger charge is -2.20. The van der Waals surface area contributed by atoms with Crippen molar-refractivity contribution in [2.75, 3.05) is 6.61 Å². The normalized spacial score (nSPS) is 20.9. The molecule has 16 heavy (non-hydrogen) atoms. The van der Waals surface area contributed by atoms with Crippen LogP contribution < -0.4 is 0 Å². The molecule has 0 amide bonds. The molecule has 0 radical (unpaired) electrons. The Kier molecular flexibility index (Phi) is 3.55. The Morgan fingerprint density at radius 3 is 3.00 bits per heavy atom. The number of ether oxygens (including phenoxy) is 1. The molecule has 0 aromatic carbocycles. The van der Waals surface area contributed by atoms with Crippen LogP contribution in [-0.2, 0) is 10.1 Å². The van der Waals surface area contributed by atoms with Gasteiger partial charge in [-0.1, -0.05) is 15.9 Å². The molecule has 1 saturated heterocycles. The number of nitrogens with zero attached hydrogens (tertiary/aromatic N) is 3. The van der Waals surface area contributed by atoms with Crippen molar-refractivity contribution in [3.05, 3.63) is 21.9 Å². The molecule has 1 aromatic rings. The Bertz CT molecular complexity index is 387. The second-order valence-electron chi connectivity index (χ2n) is 3.67. The second-order valence-corrected chi connectivity index (χ2v) is 4.23. The summed E-state index contributed by atoms with van der Waals surface area (Å²) in [4.78, 5) is 10.3. The first kappa shape index (κ1) is 11.5. The van der Waals surface area contributed by atoms with Crippen LogP contribution in [-0.4, -0.2) is 21.3 Å². The molecule has 1 aliphatic rings. The smallest absolute Gasteiger partial charge is 0.358 e. The van der Waals surface area contributed by atoms with Crippen molar-refractivity contribution in [3.63, 3.8) is 0 Å². The summed E-state index contributed by atoms with van der Waals surface area (Å²) in [6, 6.07) is 0. The summed E-state index contributed by atoms with van der Waals surface area (Å²) in [6.45, 7) is 0.696. The van der Waals surface area contributed by atoms with Gasteiger partial charge in [0, 0.05) is 11.9 Å². The van der Waals surface area contributed by atoms with Gasteiger partial charge >= 0.3 is 5.82 Å². The highest BCUT2D eigenvalue weighted by Gasteiger charge is 2.25. The van der Waals surface area contributed by atoms with Crippen LogP contribution in [0.3, 0.4) is 0 Å². The molecule has 1 aromatic heterocycles. The van der Waals surface area contributed by atoms with E-state index in [1.54, 1.807) is 10.9 Å². The number of alkyl halides is 1. The first-order chi connectivity index (χ1) is 7.72. The van der Waals surface area contributed by atoms with E-state index >= 15 is 0 Å². The van der Waals surface area contributed by atoms with Crippen LogP contribution >= 0.6 is 15.9 Å². The molecule has 1 atom stereocenters. The minimum absolute atomic E-state index is 0.0916. The number of halogens is 1. The molecular weight excluding hydrogens is 278 g/mol. The van der Waals surface area contributed by atoms with Crippen LogP contribution in [0.1, 0.15) is 31.1 Å². The molecule has 1 fully saturated rings. The molecule has 0 aliphatic carbocycles. The number of rotatable bonds is 3. The third-order valence-corrected chi connectivity index (χ3v) is 3.16. The quantitative estimate of drug-likeness (QED) is 0.487. The first-order valence-electron chi connectivity index (χ1n) is 5.12. The number of hydrogen-bond acceptors (Lipinski definition) is 4. The van der Waals surface area contributed by atoms with Gasteiger partial charge in [-0.25, -0.2) is 0 Å². The summed E-state index contributed by atoms with van der Waals surface area (Å²) in [5, 5.41) is 15.1. The summed E-state index contributed by atoms with van der Waals surface area (Å²) in [7, 11) is 0. The van der Waals surface area contributed by atoms with Gasteiger partial charge in [-0.15, -0.1) is 0 Å². The van der Waals surface area contributed by atoms with Gasteiger partial charge in [0.15, 0.2) is 6.23 Å². The predicted molar refractivity (Wildman–Crippen MR) is 60.4 cm³/mol. The lowest BCUT2D eigenvalue weighted by molar-refractivity contribution is -0.390. The van der Waals surface area contributed by atoms with E-state index in [9.17, 15) is 10.1 Å². The Labute approximate surface area is 101 Å². The Balaban J connectivity index is 2.24. The zero-order chi connectivity index (χ0) is 11.5. The fourth-order valence-electron chi connectivity index (χ4n) is 1.75. The molecule has 88 valence electrons. The third kappa shape index (κ3) is 2.25. The molecule has 2 rings (SSSR count). The molecule has 0 spiro atoms. The molecule has 2 heterocycles. The standard InChI is InChI=1S/C9H12BrN3O3/c10-5-7-6-12(11-9(7)13(14)15)8-3-1-2-4-16-8/h6,8H,1-5H2/t8-/m0/s1. The third-order valence-electron chi connectivity index (χ3n) is 2.55. The summed E-state index contributed by atoms with van der Waals surface area (Å²) in [6.07, 6.45) is 4.51. The van der Waals surface area contributed by atoms with Crippen LogP contribution in [0.2, 0.25) is 0 Å². The topological polar surface area (TPSA) is 70.2 Å². The van der Waals surface area contributed by atoms with Crippen LogP contribution in [0, 0.1) is 10.1 Å². The van der Waals surface area contributed by atoms with Crippen molar-refractivity contribution in [1.82, 2.24) is 9.78 Å². The van der Waals surface area contributed by atoms with Crippen LogP contribution in [0.5, 0.6) is 0 Å². The monoisotopic (exact) mass is 289 g/mol. The maximum Gasteiger partial charge on any atom is 0.394 e. The Hall–Kier alpha value is -0.950. The molecular formula is C9H12BrN3O3. The lowest BCUT2D eigenvalue weighted by atomic mass is 10.2. The molecule has 6 nitrogen and oxygen atoms in total. The van der Waals surface area contributed by atoms with E-state index in [-0.39, 0.29) is 12.0 Å². The van der Waals surface area contributed by atoms with Crippen LogP contribution in [0.25, 0.3) is 0 Å². The van der Waals surface area contributed by atoms with Gasteiger partial charge in [-0.2, -0.15) is 4.68 Å². The van der Waals surface area contributed by atoms with E-state index < -0.39 is 4.92 Å². The van der Waals surface area contributed by atoms with Crippen molar-refractivity contribution in [2.24, 2.45) is 0 Å². The summed E-state index contributed by atoms with van der Waals surface area (Å²) in [5.41, 5.74) is 0.583. The lowest BCUT2D eigenvalue weighted by Crippen LogP contribution is -2.18. The second kappa shape index (κ2) is 4.92. The van der Waals surface area contributed by atoms with E-state index in [2.05, 4.69) is 21.0 Å². The van der Waals surface area contributed by atoms with Crippen LogP contribution in [0.15, 0.2) is 6.20 Å². The summed E-state index contributed by atoms with van der Waals surface area (Å²) in [5.74, 6) is -0.0916. The molecule has 7 heteroatoms. The maximum atomic E-state index is 10.7. The number of aromatic nitrogens is 2. The van der Waals surface area contributed by atoms with Crippen molar-refractivity contribution in [1.29, 1.82) is 0 Å². The maximum absolute atomic E-state index is 10.7. The molecule has 0 bridgehead atoms. The fourth-order valence-corrected chi connectivity index (χ4v) is 2.14. The first-order valence-corrected chi connectivity index (χ1v) is 6.24. The van der Waals surface area contributed by atoms with Crippen molar-refractivity contribution in [2.45, 2.75) is 30.8 Å². The summed E-state index contributed by atoms with van der Waals surface area (Å²) >= 11 is 3.22. The Morgan fingerprint density at radius 1 is 1.69 bits per heavy atom. The predicted octanol–water partition coefficient (Wildman–Crippen LogP) is 2.39. The highest BCUT2D eigenvalue weighted by atomic mass is 79.9. The largest absolute Gasteiger partial charge is 0.394 e. The van der Waals surface area contributed by atoms with Gasteiger partial charge in [0.2, 0.25) is 0 Å². The molecule has 0 N–H and O–H groups in total. The van der Waals surface area contributed by atoms with Gasteiger partial charge in [0.05, 0.1) is 16.9 Å². The average Bonchev–Trinajstić information content (AvgIpc) is 2.74. The minimum atomic E-state index is -0.462. The Morgan fingerprint density at radius 2 is 2.50 bits per heavy atom. The van der Waals surface area contributed by atoms with Crippen molar-refractivity contribution in [3.8, 4) is 0 Å². The van der Waals surface area contributed by atoms with Crippen molar-refractivity contribution >= 4 is 21.7 Å². The zero-order valence-corrected chi connectivity index (χ0v) is 10.2. The van der Waals surface area contributed by atoms with Gasteiger partial charge < -0.3 is 14.9 Å². The van der Waals surface area contributed by atoms with Gasteiger partial charge in [0.25, 0.3) is 0 Å². The van der Waals surface area contributed by atoms with E-state index in [1.165, 1.54) is 0 Å². The fraction of sp³-hybridized carbons (Fsp3) is 0.667. The van der Waals surface area contributed by atoms with Crippen LogP contribution in [0.4, 0.5) is 5.82 Å². The van der Waals surface area contributed by atoms with Gasteiger partial charge in [-0.3, -0.25) is 0 Å². The van der Waals surface area contributed by atoms with E-state index in [0.29, 0.717) is 17.5 Å². The average molecular weight is 290 g/mol. The minimum Gasteiger partial charge on any atom is -0.358 e. The van der Waals surface area contributed by atoms with Gasteiger partial charge in [-0.05, 0) is 24.2 Å².